The fourth-order valence-corrected chi connectivity index (χ4v) is 2.97. The van der Waals surface area contributed by atoms with Gasteiger partial charge in [0.2, 0.25) is 10.0 Å². The zero-order chi connectivity index (χ0) is 13.6. The maximum Gasteiger partial charge on any atom is 0.240 e. The first-order chi connectivity index (χ1) is 8.49. The summed E-state index contributed by atoms with van der Waals surface area (Å²) in [6.07, 6.45) is 1.34. The van der Waals surface area contributed by atoms with E-state index in [4.69, 9.17) is 5.84 Å². The van der Waals surface area contributed by atoms with E-state index < -0.39 is 20.8 Å². The highest BCUT2D eigenvalue weighted by molar-refractivity contribution is 7.89. The van der Waals surface area contributed by atoms with Crippen LogP contribution in [0.4, 0.5) is 5.82 Å². The smallest absolute Gasteiger partial charge is 0.240 e. The number of nitrogens with one attached hydrogen (secondary N) is 2. The molecule has 0 aliphatic rings. The first-order valence-electron chi connectivity index (χ1n) is 5.27. The molecule has 0 amide bonds. The van der Waals surface area contributed by atoms with Crippen molar-refractivity contribution in [3.05, 3.63) is 18.3 Å². The molecule has 1 aromatic heterocycles. The Labute approximate surface area is 109 Å². The molecule has 7 nitrogen and oxygen atoms in total. The van der Waals surface area contributed by atoms with Gasteiger partial charge >= 0.3 is 0 Å². The van der Waals surface area contributed by atoms with E-state index >= 15 is 0 Å². The molecule has 102 valence electrons. The Morgan fingerprint density at radius 3 is 2.83 bits per heavy atom. The van der Waals surface area contributed by atoms with Crippen molar-refractivity contribution in [2.75, 3.05) is 23.5 Å². The molecule has 0 aliphatic heterocycles. The van der Waals surface area contributed by atoms with Crippen molar-refractivity contribution in [1.29, 1.82) is 0 Å². The van der Waals surface area contributed by atoms with Crippen LogP contribution in [-0.2, 0) is 20.8 Å². The average Bonchev–Trinajstić information content (AvgIpc) is 2.38. The summed E-state index contributed by atoms with van der Waals surface area (Å²) in [6, 6.07) is 2.68. The summed E-state index contributed by atoms with van der Waals surface area (Å²) in [4.78, 5) is 3.88. The molecular formula is C9H16N4O3S2. The standard InChI is InChI=1S/C9H16N4O3S2/c1-2-17(14)6-5-12-18(15,16)8-3-4-11-9(7-8)13-10/h3-4,7,12H,2,5-6,10H2,1H3,(H,11,13). The summed E-state index contributed by atoms with van der Waals surface area (Å²) in [5, 5.41) is 0. The molecule has 0 bridgehead atoms. The number of hydrazine groups is 1. The first kappa shape index (κ1) is 15.0. The second kappa shape index (κ2) is 6.78. The van der Waals surface area contributed by atoms with Crippen LogP contribution in [0, 0.1) is 0 Å². The van der Waals surface area contributed by atoms with Gasteiger partial charge in [0.15, 0.2) is 0 Å². The zero-order valence-corrected chi connectivity index (χ0v) is 11.6. The topological polar surface area (TPSA) is 114 Å². The minimum absolute atomic E-state index is 0.0627. The van der Waals surface area contributed by atoms with Gasteiger partial charge in [0.25, 0.3) is 0 Å². The minimum atomic E-state index is -3.62. The molecule has 4 N–H and O–H groups in total. The fourth-order valence-electron chi connectivity index (χ4n) is 1.17. The highest BCUT2D eigenvalue weighted by atomic mass is 32.2. The Balaban J connectivity index is 2.71. The fraction of sp³-hybridized carbons (Fsp3) is 0.444. The number of nitrogens with two attached hydrogens (primary N) is 1. The third-order valence-corrected chi connectivity index (χ3v) is 4.90. The maximum absolute atomic E-state index is 11.9. The highest BCUT2D eigenvalue weighted by Gasteiger charge is 2.14. The monoisotopic (exact) mass is 292 g/mol. The summed E-state index contributed by atoms with van der Waals surface area (Å²) in [7, 11) is -4.61. The van der Waals surface area contributed by atoms with Gasteiger partial charge in [-0.25, -0.2) is 24.0 Å². The van der Waals surface area contributed by atoms with Gasteiger partial charge < -0.3 is 5.43 Å². The molecule has 0 fully saturated rings. The van der Waals surface area contributed by atoms with Crippen molar-refractivity contribution in [2.45, 2.75) is 11.8 Å². The van der Waals surface area contributed by atoms with Crippen LogP contribution in [0.1, 0.15) is 6.92 Å². The Hall–Kier alpha value is -1.03. The van der Waals surface area contributed by atoms with Crippen LogP contribution in [0.5, 0.6) is 0 Å². The highest BCUT2D eigenvalue weighted by Crippen LogP contribution is 2.11. The maximum atomic E-state index is 11.9. The van der Waals surface area contributed by atoms with Crippen LogP contribution >= 0.6 is 0 Å². The molecule has 1 atom stereocenters. The summed E-state index contributed by atoms with van der Waals surface area (Å²) in [5.41, 5.74) is 2.27. The number of hydrogen-bond donors (Lipinski definition) is 3. The second-order valence-corrected chi connectivity index (χ2v) is 6.98. The normalized spacial score (nSPS) is 13.2. The molecule has 0 saturated carbocycles. The lowest BCUT2D eigenvalue weighted by Crippen LogP contribution is -2.28. The van der Waals surface area contributed by atoms with E-state index in [-0.39, 0.29) is 17.3 Å². The Morgan fingerprint density at radius 2 is 2.22 bits per heavy atom. The third-order valence-electron chi connectivity index (χ3n) is 2.13. The number of sulfonamides is 1. The number of nitrogens with zero attached hydrogens (tertiary/aromatic N) is 1. The van der Waals surface area contributed by atoms with Gasteiger partial charge in [-0.3, -0.25) is 4.21 Å². The molecule has 0 aliphatic carbocycles. The SMILES string of the molecule is CCS(=O)CCNS(=O)(=O)c1ccnc(NN)c1. The van der Waals surface area contributed by atoms with Crippen molar-refractivity contribution in [1.82, 2.24) is 9.71 Å². The number of pyridine rings is 1. The summed E-state index contributed by atoms with van der Waals surface area (Å²) < 4.78 is 37.3. The number of hydrogen-bond acceptors (Lipinski definition) is 6. The zero-order valence-electron chi connectivity index (χ0n) is 9.92. The largest absolute Gasteiger partial charge is 0.308 e. The molecule has 0 radical (unpaired) electrons. The molecule has 1 heterocycles. The van der Waals surface area contributed by atoms with Crippen molar-refractivity contribution in [3.63, 3.8) is 0 Å². The van der Waals surface area contributed by atoms with Crippen molar-refractivity contribution < 1.29 is 12.6 Å². The van der Waals surface area contributed by atoms with Crippen LogP contribution in [0.25, 0.3) is 0 Å². The number of aromatic nitrogens is 1. The quantitative estimate of drug-likeness (QED) is 0.457. The van der Waals surface area contributed by atoms with Gasteiger partial charge in [-0.1, -0.05) is 6.92 Å². The van der Waals surface area contributed by atoms with Gasteiger partial charge in [0, 0.05) is 41.1 Å². The van der Waals surface area contributed by atoms with Crippen LogP contribution in [0.15, 0.2) is 23.2 Å². The molecule has 9 heteroatoms. The third kappa shape index (κ3) is 4.33. The number of nitrogen functional groups attached to an aromatic ring is 1. The van der Waals surface area contributed by atoms with Crippen LogP contribution < -0.4 is 16.0 Å². The Bertz CT molecular complexity index is 518. The average molecular weight is 292 g/mol. The Morgan fingerprint density at radius 1 is 1.50 bits per heavy atom. The summed E-state index contributed by atoms with van der Waals surface area (Å²) in [5.74, 6) is 6.22. The van der Waals surface area contributed by atoms with E-state index in [1.807, 2.05) is 0 Å². The predicted octanol–water partition coefficient (Wildman–Crippen LogP) is -0.586. The molecular weight excluding hydrogens is 276 g/mol. The molecule has 1 aromatic rings. The van der Waals surface area contributed by atoms with E-state index in [0.29, 0.717) is 11.5 Å². The molecule has 0 spiro atoms. The summed E-state index contributed by atoms with van der Waals surface area (Å²) in [6.45, 7) is 1.92. The lowest BCUT2D eigenvalue weighted by atomic mass is 10.5. The summed E-state index contributed by atoms with van der Waals surface area (Å²) >= 11 is 0. The number of rotatable bonds is 7. The predicted molar refractivity (Wildman–Crippen MR) is 70.8 cm³/mol. The van der Waals surface area contributed by atoms with Gasteiger partial charge in [0.05, 0.1) is 4.90 Å². The van der Waals surface area contributed by atoms with E-state index in [0.717, 1.165) is 0 Å². The van der Waals surface area contributed by atoms with Crippen LogP contribution in [-0.4, -0.2) is 35.7 Å². The molecule has 1 rings (SSSR count). The Kier molecular flexibility index (Phi) is 5.66. The first-order valence-corrected chi connectivity index (χ1v) is 8.24. The lowest BCUT2D eigenvalue weighted by Gasteiger charge is -2.07. The van der Waals surface area contributed by atoms with Crippen molar-refractivity contribution in [2.24, 2.45) is 5.84 Å². The van der Waals surface area contributed by atoms with Gasteiger partial charge in [0.1, 0.15) is 5.82 Å². The van der Waals surface area contributed by atoms with Gasteiger partial charge in [-0.05, 0) is 6.07 Å². The molecule has 18 heavy (non-hydrogen) atoms. The van der Waals surface area contributed by atoms with E-state index in [1.54, 1.807) is 6.92 Å². The number of anilines is 1. The molecule has 0 aromatic carbocycles. The molecule has 1 unspecified atom stereocenters. The van der Waals surface area contributed by atoms with Crippen molar-refractivity contribution in [3.8, 4) is 0 Å². The second-order valence-electron chi connectivity index (χ2n) is 3.35. The van der Waals surface area contributed by atoms with E-state index in [9.17, 15) is 12.6 Å². The van der Waals surface area contributed by atoms with E-state index in [2.05, 4.69) is 15.1 Å². The van der Waals surface area contributed by atoms with Gasteiger partial charge in [-0.2, -0.15) is 0 Å². The van der Waals surface area contributed by atoms with Gasteiger partial charge in [-0.15, -0.1) is 0 Å². The van der Waals surface area contributed by atoms with E-state index in [1.165, 1.54) is 18.3 Å². The lowest BCUT2D eigenvalue weighted by molar-refractivity contribution is 0.584. The van der Waals surface area contributed by atoms with Crippen LogP contribution in [0.3, 0.4) is 0 Å². The molecule has 0 saturated heterocycles. The minimum Gasteiger partial charge on any atom is -0.308 e. The van der Waals surface area contributed by atoms with Crippen molar-refractivity contribution >= 4 is 26.6 Å². The van der Waals surface area contributed by atoms with Crippen LogP contribution in [0.2, 0.25) is 0 Å².